The van der Waals surface area contributed by atoms with Gasteiger partial charge in [0, 0.05) is 18.0 Å². The van der Waals surface area contributed by atoms with Gasteiger partial charge in [0.05, 0.1) is 22.4 Å². The Morgan fingerprint density at radius 3 is 2.81 bits per heavy atom. The van der Waals surface area contributed by atoms with Crippen LogP contribution in [0.5, 0.6) is 0 Å². The molecule has 16 heavy (non-hydrogen) atoms. The zero-order valence-corrected chi connectivity index (χ0v) is 9.22. The van der Waals surface area contributed by atoms with Crippen molar-refractivity contribution in [1.29, 1.82) is 0 Å². The lowest BCUT2D eigenvalue weighted by atomic mass is 10.1. The molecule has 78 valence electrons. The number of hydrogen-bond donors (Lipinski definition) is 0. The summed E-state index contributed by atoms with van der Waals surface area (Å²) >= 11 is 6.13. The first-order valence-electron chi connectivity index (χ1n) is 5.02. The Labute approximate surface area is 98.1 Å². The van der Waals surface area contributed by atoms with Gasteiger partial charge in [-0.05, 0) is 18.2 Å². The third-order valence-electron chi connectivity index (χ3n) is 2.56. The van der Waals surface area contributed by atoms with Crippen LogP contribution in [0.1, 0.15) is 0 Å². The SMILES string of the molecule is Clc1ccccc1-c1cn2cccc2cn1. The van der Waals surface area contributed by atoms with E-state index in [4.69, 9.17) is 11.6 Å². The summed E-state index contributed by atoms with van der Waals surface area (Å²) < 4.78 is 2.03. The van der Waals surface area contributed by atoms with Crippen molar-refractivity contribution in [3.8, 4) is 11.3 Å². The van der Waals surface area contributed by atoms with Gasteiger partial charge < -0.3 is 4.40 Å². The molecule has 0 N–H and O–H groups in total. The Morgan fingerprint density at radius 2 is 1.94 bits per heavy atom. The first kappa shape index (κ1) is 9.43. The molecule has 3 aromatic rings. The molecule has 0 atom stereocenters. The number of rotatable bonds is 1. The molecule has 0 saturated heterocycles. The van der Waals surface area contributed by atoms with E-state index in [0.29, 0.717) is 0 Å². The van der Waals surface area contributed by atoms with Gasteiger partial charge in [-0.2, -0.15) is 0 Å². The van der Waals surface area contributed by atoms with Gasteiger partial charge in [0.2, 0.25) is 0 Å². The maximum Gasteiger partial charge on any atom is 0.0883 e. The minimum Gasteiger partial charge on any atom is -0.320 e. The van der Waals surface area contributed by atoms with Crippen LogP contribution in [-0.2, 0) is 0 Å². The van der Waals surface area contributed by atoms with Gasteiger partial charge in [-0.25, -0.2) is 0 Å². The van der Waals surface area contributed by atoms with Crippen LogP contribution in [0.4, 0.5) is 0 Å². The largest absolute Gasteiger partial charge is 0.320 e. The molecule has 0 bridgehead atoms. The molecule has 2 heterocycles. The van der Waals surface area contributed by atoms with Crippen LogP contribution in [0.25, 0.3) is 16.8 Å². The minimum absolute atomic E-state index is 0.724. The average Bonchev–Trinajstić information content (AvgIpc) is 2.76. The van der Waals surface area contributed by atoms with Crippen LogP contribution >= 0.6 is 11.6 Å². The van der Waals surface area contributed by atoms with Crippen LogP contribution in [0.2, 0.25) is 5.02 Å². The summed E-state index contributed by atoms with van der Waals surface area (Å²) in [4.78, 5) is 4.40. The maximum absolute atomic E-state index is 6.13. The number of halogens is 1. The Hall–Kier alpha value is -1.80. The van der Waals surface area contributed by atoms with Crippen molar-refractivity contribution in [1.82, 2.24) is 9.38 Å². The highest BCUT2D eigenvalue weighted by Crippen LogP contribution is 2.25. The number of nitrogens with zero attached hydrogens (tertiary/aromatic N) is 2. The second kappa shape index (κ2) is 3.65. The molecule has 0 radical (unpaired) electrons. The highest BCUT2D eigenvalue weighted by atomic mass is 35.5. The van der Waals surface area contributed by atoms with Crippen LogP contribution in [0, 0.1) is 0 Å². The first-order chi connectivity index (χ1) is 7.84. The minimum atomic E-state index is 0.724. The first-order valence-corrected chi connectivity index (χ1v) is 5.40. The van der Waals surface area contributed by atoms with Gasteiger partial charge in [0.15, 0.2) is 0 Å². The molecule has 0 amide bonds. The molecule has 0 aliphatic rings. The van der Waals surface area contributed by atoms with Crippen LogP contribution in [0.3, 0.4) is 0 Å². The summed E-state index contributed by atoms with van der Waals surface area (Å²) in [7, 11) is 0. The fourth-order valence-corrected chi connectivity index (χ4v) is 1.98. The predicted octanol–water partition coefficient (Wildman–Crippen LogP) is 3.65. The molecule has 0 aliphatic heterocycles. The Morgan fingerprint density at radius 1 is 1.06 bits per heavy atom. The van der Waals surface area contributed by atoms with Gasteiger partial charge in [-0.1, -0.05) is 29.8 Å². The fraction of sp³-hybridized carbons (Fsp3) is 0. The quantitative estimate of drug-likeness (QED) is 0.621. The van der Waals surface area contributed by atoms with Crippen molar-refractivity contribution in [3.05, 3.63) is 60.0 Å². The molecule has 0 unspecified atom stereocenters. The van der Waals surface area contributed by atoms with E-state index in [0.717, 1.165) is 21.8 Å². The third kappa shape index (κ3) is 1.48. The van der Waals surface area contributed by atoms with Gasteiger partial charge in [0.1, 0.15) is 0 Å². The molecule has 0 fully saturated rings. The monoisotopic (exact) mass is 228 g/mol. The zero-order valence-electron chi connectivity index (χ0n) is 8.47. The second-order valence-electron chi connectivity index (χ2n) is 3.59. The lowest BCUT2D eigenvalue weighted by Gasteiger charge is -2.04. The number of aromatic nitrogens is 2. The summed E-state index contributed by atoms with van der Waals surface area (Å²) in [5, 5.41) is 0.724. The van der Waals surface area contributed by atoms with Gasteiger partial charge >= 0.3 is 0 Å². The van der Waals surface area contributed by atoms with E-state index in [2.05, 4.69) is 4.98 Å². The molecule has 2 nitrogen and oxygen atoms in total. The molecular weight excluding hydrogens is 220 g/mol. The van der Waals surface area contributed by atoms with E-state index < -0.39 is 0 Å². The lowest BCUT2D eigenvalue weighted by Crippen LogP contribution is -1.89. The zero-order chi connectivity index (χ0) is 11.0. The molecule has 0 spiro atoms. The summed E-state index contributed by atoms with van der Waals surface area (Å²) in [6.07, 6.45) is 5.83. The topological polar surface area (TPSA) is 17.3 Å². The van der Waals surface area contributed by atoms with Crippen molar-refractivity contribution in [2.75, 3.05) is 0 Å². The Balaban J connectivity index is 2.22. The highest BCUT2D eigenvalue weighted by Gasteiger charge is 2.04. The second-order valence-corrected chi connectivity index (χ2v) is 4.00. The maximum atomic E-state index is 6.13. The van der Waals surface area contributed by atoms with E-state index in [1.165, 1.54) is 0 Å². The van der Waals surface area contributed by atoms with Crippen LogP contribution < -0.4 is 0 Å². The van der Waals surface area contributed by atoms with Crippen molar-refractivity contribution in [3.63, 3.8) is 0 Å². The molecule has 0 aliphatic carbocycles. The van der Waals surface area contributed by atoms with E-state index >= 15 is 0 Å². The van der Waals surface area contributed by atoms with Crippen molar-refractivity contribution in [2.45, 2.75) is 0 Å². The molecule has 0 saturated carbocycles. The van der Waals surface area contributed by atoms with Crippen molar-refractivity contribution >= 4 is 17.1 Å². The van der Waals surface area contributed by atoms with Gasteiger partial charge in [-0.15, -0.1) is 0 Å². The summed E-state index contributed by atoms with van der Waals surface area (Å²) in [6.45, 7) is 0. The Bertz CT molecular complexity index is 643. The predicted molar refractivity (Wildman–Crippen MR) is 65.6 cm³/mol. The van der Waals surface area contributed by atoms with Crippen LogP contribution in [-0.4, -0.2) is 9.38 Å². The van der Waals surface area contributed by atoms with E-state index in [-0.39, 0.29) is 0 Å². The summed E-state index contributed by atoms with van der Waals surface area (Å²) in [6, 6.07) is 11.7. The lowest BCUT2D eigenvalue weighted by molar-refractivity contribution is 1.15. The number of fused-ring (bicyclic) bond motifs is 1. The van der Waals surface area contributed by atoms with E-state index in [1.807, 2.05) is 59.4 Å². The molecular formula is C13H9ClN2. The van der Waals surface area contributed by atoms with E-state index in [9.17, 15) is 0 Å². The standard InChI is InChI=1S/C13H9ClN2/c14-12-6-2-1-5-11(12)13-9-16-7-3-4-10(16)8-15-13/h1-9H. The summed E-state index contributed by atoms with van der Waals surface area (Å²) in [5.74, 6) is 0. The summed E-state index contributed by atoms with van der Waals surface area (Å²) in [5.41, 5.74) is 2.92. The molecule has 3 heteroatoms. The van der Waals surface area contributed by atoms with Crippen molar-refractivity contribution < 1.29 is 0 Å². The Kier molecular flexibility index (Phi) is 2.15. The van der Waals surface area contributed by atoms with Gasteiger partial charge in [0.25, 0.3) is 0 Å². The van der Waals surface area contributed by atoms with E-state index in [1.54, 1.807) is 0 Å². The smallest absolute Gasteiger partial charge is 0.0883 e. The molecule has 3 rings (SSSR count). The third-order valence-corrected chi connectivity index (χ3v) is 2.89. The average molecular weight is 229 g/mol. The molecule has 2 aromatic heterocycles. The van der Waals surface area contributed by atoms with Crippen LogP contribution in [0.15, 0.2) is 55.0 Å². The fourth-order valence-electron chi connectivity index (χ4n) is 1.74. The van der Waals surface area contributed by atoms with Crippen molar-refractivity contribution in [2.24, 2.45) is 0 Å². The number of hydrogen-bond acceptors (Lipinski definition) is 1. The molecule has 1 aromatic carbocycles. The normalized spacial score (nSPS) is 10.8. The highest BCUT2D eigenvalue weighted by molar-refractivity contribution is 6.33. The van der Waals surface area contributed by atoms with Gasteiger partial charge in [-0.3, -0.25) is 4.98 Å². The number of benzene rings is 1.